The van der Waals surface area contributed by atoms with Gasteiger partial charge in [0.05, 0.1) is 4.21 Å². The van der Waals surface area contributed by atoms with Crippen molar-refractivity contribution in [3.63, 3.8) is 0 Å². The second-order valence-corrected chi connectivity index (χ2v) is 12.7. The molecule has 1 aromatic heterocycles. The van der Waals surface area contributed by atoms with E-state index in [0.717, 1.165) is 24.3 Å². The van der Waals surface area contributed by atoms with Crippen molar-refractivity contribution in [2.45, 2.75) is 96.5 Å². The Morgan fingerprint density at radius 1 is 0.927 bits per heavy atom. The van der Waals surface area contributed by atoms with Crippen LogP contribution >= 0.6 is 23.1 Å². The predicted molar refractivity (Wildman–Crippen MR) is 187 cm³/mol. The molecule has 0 saturated carbocycles. The highest BCUT2D eigenvalue weighted by atomic mass is 32.2. The lowest BCUT2D eigenvalue weighted by Gasteiger charge is -2.28. The van der Waals surface area contributed by atoms with E-state index in [-0.39, 0.29) is 0 Å². The van der Waals surface area contributed by atoms with Gasteiger partial charge in [0.15, 0.2) is 0 Å². The Kier molecular flexibility index (Phi) is 16.4. The summed E-state index contributed by atoms with van der Waals surface area (Å²) in [4.78, 5) is 1.41. The molecule has 1 heterocycles. The van der Waals surface area contributed by atoms with E-state index in [9.17, 15) is 0 Å². The first-order chi connectivity index (χ1) is 20.0. The molecule has 41 heavy (non-hydrogen) atoms. The molecule has 0 aliphatic heterocycles. The van der Waals surface area contributed by atoms with Crippen LogP contribution in [0.2, 0.25) is 0 Å². The van der Waals surface area contributed by atoms with E-state index in [1.807, 2.05) is 43.9 Å². The summed E-state index contributed by atoms with van der Waals surface area (Å²) in [5.41, 5.74) is 9.49. The van der Waals surface area contributed by atoms with E-state index in [1.54, 1.807) is 17.2 Å². The molecule has 0 amide bonds. The lowest BCUT2D eigenvalue weighted by molar-refractivity contribution is 0.584. The zero-order valence-corrected chi connectivity index (χ0v) is 27.9. The summed E-state index contributed by atoms with van der Waals surface area (Å²) in [6.07, 6.45) is 14.5. The maximum Gasteiger partial charge on any atom is 0.0698 e. The summed E-state index contributed by atoms with van der Waals surface area (Å²) in [6.45, 7) is 15.9. The highest BCUT2D eigenvalue weighted by Crippen LogP contribution is 2.44. The summed E-state index contributed by atoms with van der Waals surface area (Å²) in [6, 6.07) is 21.2. The fourth-order valence-electron chi connectivity index (χ4n) is 5.12. The van der Waals surface area contributed by atoms with Crippen LogP contribution in [0.4, 0.5) is 0 Å². The molecule has 0 bridgehead atoms. The van der Waals surface area contributed by atoms with Crippen LogP contribution in [0.25, 0.3) is 0 Å². The van der Waals surface area contributed by atoms with Gasteiger partial charge in [-0.25, -0.2) is 0 Å². The molecular weight excluding hydrogens is 535 g/mol. The minimum absolute atomic E-state index is 0.528. The van der Waals surface area contributed by atoms with Crippen LogP contribution in [-0.4, -0.2) is 5.71 Å². The van der Waals surface area contributed by atoms with Gasteiger partial charge in [-0.3, -0.25) is 0 Å². The largest absolute Gasteiger partial charge is 0.305 e. The lowest BCUT2D eigenvalue weighted by atomic mass is 9.77. The molecule has 1 N–H and O–H groups in total. The molecule has 0 spiro atoms. The van der Waals surface area contributed by atoms with E-state index in [1.165, 1.54) is 63.4 Å². The average Bonchev–Trinajstić information content (AvgIpc) is 3.34. The quantitative estimate of drug-likeness (QED) is 0.216. The van der Waals surface area contributed by atoms with Crippen LogP contribution in [0.3, 0.4) is 0 Å². The zero-order valence-electron chi connectivity index (χ0n) is 26.3. The first-order valence-corrected chi connectivity index (χ1v) is 17.2. The maximum absolute atomic E-state index is 8.78. The third-order valence-corrected chi connectivity index (χ3v) is 9.71. The Morgan fingerprint density at radius 2 is 1.54 bits per heavy atom. The Bertz CT molecular complexity index is 1250. The fourth-order valence-corrected chi connectivity index (χ4v) is 7.72. The summed E-state index contributed by atoms with van der Waals surface area (Å²) < 4.78 is 1.35. The number of thiophene rings is 1. The predicted octanol–water partition coefficient (Wildman–Crippen LogP) is 12.2. The highest BCUT2D eigenvalue weighted by Gasteiger charge is 2.30. The molecule has 0 radical (unpaired) electrons. The number of nitrogens with one attached hydrogen (secondary N) is 1. The average molecular weight is 586 g/mol. The summed E-state index contributed by atoms with van der Waals surface area (Å²) in [5.74, 6) is 1.51. The van der Waals surface area contributed by atoms with Crippen LogP contribution in [0.1, 0.15) is 93.9 Å². The van der Waals surface area contributed by atoms with Crippen molar-refractivity contribution in [1.82, 2.24) is 0 Å². The Labute approximate surface area is 259 Å². The van der Waals surface area contributed by atoms with Gasteiger partial charge in [-0.2, -0.15) is 0 Å². The number of hydrogen-bond donors (Lipinski definition) is 1. The van der Waals surface area contributed by atoms with Crippen LogP contribution in [0.5, 0.6) is 0 Å². The van der Waals surface area contributed by atoms with E-state index < -0.39 is 0 Å². The number of fused-ring (bicyclic) bond motifs is 1. The number of rotatable bonds is 7. The molecule has 2 aromatic carbocycles. The molecule has 1 nitrogen and oxygen atoms in total. The summed E-state index contributed by atoms with van der Waals surface area (Å²) >= 11 is 3.80. The van der Waals surface area contributed by atoms with E-state index in [0.29, 0.717) is 5.92 Å². The van der Waals surface area contributed by atoms with Crippen LogP contribution < -0.4 is 0 Å². The third kappa shape index (κ3) is 10.9. The molecule has 1 atom stereocenters. The normalized spacial score (nSPS) is 15.4. The SMILES string of the molecule is C=CC.CC.CCC1=CC=C(C2CC(=N)c3c(SCc4ccccc4)sc(C)c3C2)CC1.CCCc1ccccc1. The van der Waals surface area contributed by atoms with Gasteiger partial charge in [-0.1, -0.05) is 124 Å². The van der Waals surface area contributed by atoms with E-state index >= 15 is 0 Å². The van der Waals surface area contributed by atoms with Gasteiger partial charge < -0.3 is 5.41 Å². The number of hydrogen-bond acceptors (Lipinski definition) is 3. The Morgan fingerprint density at radius 3 is 2.07 bits per heavy atom. The van der Waals surface area contributed by atoms with E-state index in [2.05, 4.69) is 100 Å². The third-order valence-electron chi connectivity index (χ3n) is 7.22. The van der Waals surface area contributed by atoms with Crippen LogP contribution in [0, 0.1) is 18.3 Å². The lowest BCUT2D eigenvalue weighted by Crippen LogP contribution is -2.22. The van der Waals surface area contributed by atoms with Gasteiger partial charge in [-0.05, 0) is 75.0 Å². The second-order valence-electron chi connectivity index (χ2n) is 10.2. The number of allylic oxidation sites excluding steroid dienone is 5. The highest BCUT2D eigenvalue weighted by molar-refractivity contribution is 8.00. The van der Waals surface area contributed by atoms with Crippen molar-refractivity contribution in [3.05, 3.63) is 124 Å². The molecular formula is C38H51NS2. The van der Waals surface area contributed by atoms with Crippen molar-refractivity contribution < 1.29 is 0 Å². The summed E-state index contributed by atoms with van der Waals surface area (Å²) in [5, 5.41) is 8.78. The van der Waals surface area contributed by atoms with Crippen molar-refractivity contribution in [1.29, 1.82) is 5.41 Å². The van der Waals surface area contributed by atoms with Crippen molar-refractivity contribution >= 4 is 28.8 Å². The van der Waals surface area contributed by atoms with Gasteiger partial charge in [0, 0.05) is 21.9 Å². The van der Waals surface area contributed by atoms with Crippen molar-refractivity contribution in [2.24, 2.45) is 5.92 Å². The Hall–Kier alpha value is -2.62. The standard InChI is InChI=1S/C24H27NS2.C9H12.C3H6.C2H6/c1-3-17-9-11-19(12-10-17)20-13-21-16(2)27-24(23(21)22(25)14-20)26-15-18-7-5-4-6-8-18;1-2-6-9-7-4-3-5-8-9;1-3-2;1-2/h4-9,11,20,25H,3,10,12-15H2,1-2H3;3-5,7-8H,2,6H2,1H3;3H,1H2,2H3;1-2H3. The molecule has 0 fully saturated rings. The minimum Gasteiger partial charge on any atom is -0.305 e. The molecule has 220 valence electrons. The molecule has 2 aliphatic rings. The van der Waals surface area contributed by atoms with Crippen molar-refractivity contribution in [2.75, 3.05) is 0 Å². The van der Waals surface area contributed by atoms with Crippen LogP contribution in [0.15, 0.2) is 101 Å². The van der Waals surface area contributed by atoms with Gasteiger partial charge in [0.25, 0.3) is 0 Å². The minimum atomic E-state index is 0.528. The first kappa shape index (κ1) is 34.6. The van der Waals surface area contributed by atoms with Gasteiger partial charge in [0.1, 0.15) is 0 Å². The molecule has 1 unspecified atom stereocenters. The second kappa shape index (κ2) is 19.5. The number of aryl methyl sites for hydroxylation is 2. The van der Waals surface area contributed by atoms with E-state index in [4.69, 9.17) is 5.41 Å². The molecule has 0 saturated heterocycles. The molecule has 3 heteroatoms. The van der Waals surface area contributed by atoms with Gasteiger partial charge in [0.2, 0.25) is 0 Å². The topological polar surface area (TPSA) is 23.9 Å². The number of benzene rings is 2. The zero-order chi connectivity index (χ0) is 30.0. The van der Waals surface area contributed by atoms with Crippen LogP contribution in [-0.2, 0) is 18.6 Å². The monoisotopic (exact) mass is 585 g/mol. The fraction of sp³-hybridized carbons (Fsp3) is 0.395. The molecule has 2 aliphatic carbocycles. The molecule has 3 aromatic rings. The van der Waals surface area contributed by atoms with Gasteiger partial charge in [-0.15, -0.1) is 29.7 Å². The first-order valence-electron chi connectivity index (χ1n) is 15.4. The maximum atomic E-state index is 8.78. The smallest absolute Gasteiger partial charge is 0.0698 e. The van der Waals surface area contributed by atoms with Gasteiger partial charge >= 0.3 is 0 Å². The van der Waals surface area contributed by atoms with Crippen molar-refractivity contribution in [3.8, 4) is 0 Å². The Balaban J connectivity index is 0.000000350. The summed E-state index contributed by atoms with van der Waals surface area (Å²) in [7, 11) is 0. The molecule has 5 rings (SSSR count). The number of thioether (sulfide) groups is 1.